The van der Waals surface area contributed by atoms with E-state index in [1.807, 2.05) is 0 Å². The molecule has 0 saturated carbocycles. The molecule has 1 amide bonds. The first-order chi connectivity index (χ1) is 9.29. The first-order valence-corrected chi connectivity index (χ1v) is 7.13. The van der Waals surface area contributed by atoms with Crippen molar-refractivity contribution < 1.29 is 28.2 Å². The Bertz CT molecular complexity index is 669. The van der Waals surface area contributed by atoms with Gasteiger partial charge < -0.3 is 15.5 Å². The lowest BCUT2D eigenvalue weighted by Gasteiger charge is -2.12. The van der Waals surface area contributed by atoms with Gasteiger partial charge in [-0.2, -0.15) is 0 Å². The third-order valence-electron chi connectivity index (χ3n) is 2.81. The number of sulfonamides is 1. The molecule has 1 aliphatic heterocycles. The molecule has 1 aromatic carbocycles. The first kappa shape index (κ1) is 14.3. The molecular formula is C11H12N2O6S. The molecule has 1 atom stereocenters. The van der Waals surface area contributed by atoms with Crippen molar-refractivity contribution in [1.82, 2.24) is 10.0 Å². The summed E-state index contributed by atoms with van der Waals surface area (Å²) in [4.78, 5) is 21.6. The van der Waals surface area contributed by atoms with Gasteiger partial charge in [0.15, 0.2) is 0 Å². The number of carboxylic acids is 1. The Kier molecular flexibility index (Phi) is 3.64. The second-order valence-corrected chi connectivity index (χ2v) is 6.02. The van der Waals surface area contributed by atoms with E-state index < -0.39 is 33.3 Å². The lowest BCUT2D eigenvalue weighted by atomic mass is 10.2. The zero-order chi connectivity index (χ0) is 14.9. The highest BCUT2D eigenvalue weighted by Crippen LogP contribution is 2.21. The van der Waals surface area contributed by atoms with Crippen molar-refractivity contribution in [2.75, 3.05) is 6.54 Å². The molecule has 0 spiro atoms. The van der Waals surface area contributed by atoms with E-state index in [0.717, 1.165) is 18.2 Å². The van der Waals surface area contributed by atoms with Gasteiger partial charge in [-0.1, -0.05) is 0 Å². The molecule has 9 heteroatoms. The Morgan fingerprint density at radius 1 is 1.40 bits per heavy atom. The highest BCUT2D eigenvalue weighted by molar-refractivity contribution is 7.89. The minimum absolute atomic E-state index is 0.0309. The molecule has 0 aromatic heterocycles. The lowest BCUT2D eigenvalue weighted by molar-refractivity contribution is -0.119. The van der Waals surface area contributed by atoms with Gasteiger partial charge in [0.25, 0.3) is 0 Å². The van der Waals surface area contributed by atoms with Gasteiger partial charge >= 0.3 is 5.97 Å². The second kappa shape index (κ2) is 5.10. The van der Waals surface area contributed by atoms with Crippen LogP contribution in [0.1, 0.15) is 16.8 Å². The Hall–Kier alpha value is -2.13. The van der Waals surface area contributed by atoms with Gasteiger partial charge in [0.05, 0.1) is 4.90 Å². The number of carbonyl (C=O) groups is 2. The first-order valence-electron chi connectivity index (χ1n) is 5.65. The SMILES string of the molecule is O=C1CC(NS(=O)(=O)c2ccc(O)c(C(=O)O)c2)CN1. The normalized spacial score (nSPS) is 18.8. The summed E-state index contributed by atoms with van der Waals surface area (Å²) in [5.41, 5.74) is -0.506. The zero-order valence-electron chi connectivity index (χ0n) is 10.2. The van der Waals surface area contributed by atoms with E-state index in [0.29, 0.717) is 0 Å². The van der Waals surface area contributed by atoms with Crippen LogP contribution in [0.15, 0.2) is 23.1 Å². The Morgan fingerprint density at radius 2 is 2.10 bits per heavy atom. The number of carboxylic acid groups (broad SMARTS) is 1. The number of rotatable bonds is 4. The Morgan fingerprint density at radius 3 is 2.65 bits per heavy atom. The monoisotopic (exact) mass is 300 g/mol. The Labute approximate surface area is 114 Å². The molecule has 1 aliphatic rings. The molecule has 0 radical (unpaired) electrons. The van der Waals surface area contributed by atoms with E-state index in [2.05, 4.69) is 10.0 Å². The summed E-state index contributed by atoms with van der Waals surface area (Å²) in [6.07, 6.45) is 0.0309. The maximum absolute atomic E-state index is 12.1. The molecule has 0 aliphatic carbocycles. The van der Waals surface area contributed by atoms with Gasteiger partial charge in [-0.25, -0.2) is 17.9 Å². The number of hydrogen-bond acceptors (Lipinski definition) is 5. The molecule has 1 saturated heterocycles. The maximum Gasteiger partial charge on any atom is 0.339 e. The van der Waals surface area contributed by atoms with Crippen LogP contribution in [0, 0.1) is 0 Å². The summed E-state index contributed by atoms with van der Waals surface area (Å²) in [6, 6.07) is 2.38. The average molecular weight is 300 g/mol. The van der Waals surface area contributed by atoms with Gasteiger partial charge in [0.2, 0.25) is 15.9 Å². The molecule has 1 heterocycles. The molecule has 1 fully saturated rings. The largest absolute Gasteiger partial charge is 0.507 e. The summed E-state index contributed by atoms with van der Waals surface area (Å²) in [5, 5.41) is 20.7. The predicted octanol–water partition coefficient (Wildman–Crippen LogP) is -0.743. The van der Waals surface area contributed by atoms with E-state index >= 15 is 0 Å². The number of phenols is 1. The number of amides is 1. The van der Waals surface area contributed by atoms with E-state index in [9.17, 15) is 23.1 Å². The summed E-state index contributed by atoms with van der Waals surface area (Å²) < 4.78 is 26.4. The fraction of sp³-hybridized carbons (Fsp3) is 0.273. The average Bonchev–Trinajstić information content (AvgIpc) is 2.73. The minimum atomic E-state index is -3.96. The summed E-state index contributed by atoms with van der Waals surface area (Å²) in [6.45, 7) is 0.182. The highest BCUT2D eigenvalue weighted by atomic mass is 32.2. The van der Waals surface area contributed by atoms with Gasteiger partial charge in [0, 0.05) is 19.0 Å². The number of carbonyl (C=O) groups excluding carboxylic acids is 1. The standard InChI is InChI=1S/C11H12N2O6S/c14-9-2-1-7(4-8(9)11(16)17)20(18,19)13-6-3-10(15)12-5-6/h1-2,4,6,13-14H,3,5H2,(H,12,15)(H,16,17). The molecule has 4 N–H and O–H groups in total. The fourth-order valence-corrected chi connectivity index (χ4v) is 3.09. The number of hydrogen-bond donors (Lipinski definition) is 4. The summed E-state index contributed by atoms with van der Waals surface area (Å²) >= 11 is 0. The van der Waals surface area contributed by atoms with Crippen molar-refractivity contribution in [1.29, 1.82) is 0 Å². The summed E-state index contributed by atoms with van der Waals surface area (Å²) in [7, 11) is -3.96. The van der Waals surface area contributed by atoms with E-state index in [4.69, 9.17) is 5.11 Å². The van der Waals surface area contributed by atoms with Crippen molar-refractivity contribution in [2.24, 2.45) is 0 Å². The predicted molar refractivity (Wildman–Crippen MR) is 66.8 cm³/mol. The number of aromatic carboxylic acids is 1. The Balaban J connectivity index is 2.27. The van der Waals surface area contributed by atoms with Crippen LogP contribution >= 0.6 is 0 Å². The van der Waals surface area contributed by atoms with Gasteiger partial charge in [-0.05, 0) is 18.2 Å². The van der Waals surface area contributed by atoms with Crippen molar-refractivity contribution >= 4 is 21.9 Å². The van der Waals surface area contributed by atoms with Crippen LogP contribution in [0.2, 0.25) is 0 Å². The van der Waals surface area contributed by atoms with Crippen molar-refractivity contribution in [3.8, 4) is 5.75 Å². The smallest absolute Gasteiger partial charge is 0.339 e. The van der Waals surface area contributed by atoms with Crippen LogP contribution in [0.25, 0.3) is 0 Å². The quantitative estimate of drug-likeness (QED) is 0.578. The zero-order valence-corrected chi connectivity index (χ0v) is 11.0. The third kappa shape index (κ3) is 2.89. The molecule has 1 unspecified atom stereocenters. The third-order valence-corrected chi connectivity index (χ3v) is 4.33. The van der Waals surface area contributed by atoms with Crippen molar-refractivity contribution in [3.05, 3.63) is 23.8 Å². The van der Waals surface area contributed by atoms with Gasteiger partial charge in [0.1, 0.15) is 11.3 Å². The molecule has 20 heavy (non-hydrogen) atoms. The van der Waals surface area contributed by atoms with E-state index in [1.54, 1.807) is 0 Å². The van der Waals surface area contributed by atoms with Crippen molar-refractivity contribution in [3.63, 3.8) is 0 Å². The lowest BCUT2D eigenvalue weighted by Crippen LogP contribution is -2.36. The molecule has 108 valence electrons. The second-order valence-electron chi connectivity index (χ2n) is 4.31. The van der Waals surface area contributed by atoms with E-state index in [1.165, 1.54) is 0 Å². The van der Waals surface area contributed by atoms with Crippen LogP contribution in [0.4, 0.5) is 0 Å². The molecule has 8 nitrogen and oxygen atoms in total. The topological polar surface area (TPSA) is 133 Å². The van der Waals surface area contributed by atoms with Crippen LogP contribution in [-0.2, 0) is 14.8 Å². The minimum Gasteiger partial charge on any atom is -0.507 e. The highest BCUT2D eigenvalue weighted by Gasteiger charge is 2.27. The molecule has 1 aromatic rings. The molecule has 2 rings (SSSR count). The van der Waals surface area contributed by atoms with E-state index in [-0.39, 0.29) is 23.8 Å². The van der Waals surface area contributed by atoms with Crippen LogP contribution in [0.5, 0.6) is 5.75 Å². The van der Waals surface area contributed by atoms with Crippen LogP contribution in [0.3, 0.4) is 0 Å². The molecule has 0 bridgehead atoms. The van der Waals surface area contributed by atoms with Crippen LogP contribution < -0.4 is 10.0 Å². The fourth-order valence-electron chi connectivity index (χ4n) is 1.83. The number of aromatic hydroxyl groups is 1. The maximum atomic E-state index is 12.1. The van der Waals surface area contributed by atoms with Crippen molar-refractivity contribution in [2.45, 2.75) is 17.4 Å². The number of nitrogens with one attached hydrogen (secondary N) is 2. The van der Waals surface area contributed by atoms with Gasteiger partial charge in [-0.15, -0.1) is 0 Å². The van der Waals surface area contributed by atoms with Crippen LogP contribution in [-0.4, -0.2) is 43.1 Å². The van der Waals surface area contributed by atoms with Gasteiger partial charge in [-0.3, -0.25) is 4.79 Å². The number of benzene rings is 1. The molecular weight excluding hydrogens is 288 g/mol. The summed E-state index contributed by atoms with van der Waals surface area (Å²) in [5.74, 6) is -2.21.